The van der Waals surface area contributed by atoms with Gasteiger partial charge in [0.05, 0.1) is 3.79 Å². The molecule has 108 valence electrons. The summed E-state index contributed by atoms with van der Waals surface area (Å²) in [5, 5.41) is 3.24. The fraction of sp³-hybridized carbons (Fsp3) is 0.286. The topological polar surface area (TPSA) is 21.3 Å². The number of hydrogen-bond acceptors (Lipinski definition) is 3. The molecule has 0 aliphatic carbocycles. The Labute approximate surface area is 128 Å². The Hall–Kier alpha value is -0.980. The Morgan fingerprint density at radius 2 is 1.90 bits per heavy atom. The van der Waals surface area contributed by atoms with Crippen molar-refractivity contribution in [3.63, 3.8) is 0 Å². The van der Waals surface area contributed by atoms with E-state index in [1.807, 2.05) is 25.2 Å². The predicted molar refractivity (Wildman–Crippen MR) is 80.6 cm³/mol. The van der Waals surface area contributed by atoms with Crippen LogP contribution in [0.5, 0.6) is 5.75 Å². The molecule has 0 fully saturated rings. The van der Waals surface area contributed by atoms with Crippen molar-refractivity contribution >= 4 is 27.3 Å². The van der Waals surface area contributed by atoms with Gasteiger partial charge in [0.15, 0.2) is 0 Å². The van der Waals surface area contributed by atoms with E-state index in [4.69, 9.17) is 0 Å². The molecule has 1 heterocycles. The SMILES string of the molecule is CNC(Cc1ccc(Br)s1)c1ccc(OC(F)F)cc1. The highest BCUT2D eigenvalue weighted by Gasteiger charge is 2.12. The molecule has 0 saturated carbocycles. The van der Waals surface area contributed by atoms with Crippen molar-refractivity contribution in [1.29, 1.82) is 0 Å². The van der Waals surface area contributed by atoms with E-state index in [2.05, 4.69) is 32.0 Å². The number of nitrogens with one attached hydrogen (secondary N) is 1. The highest BCUT2D eigenvalue weighted by Crippen LogP contribution is 2.27. The van der Waals surface area contributed by atoms with Crippen molar-refractivity contribution in [2.45, 2.75) is 19.1 Å². The zero-order valence-electron chi connectivity index (χ0n) is 10.8. The molecular weight excluding hydrogens is 348 g/mol. The number of alkyl halides is 2. The van der Waals surface area contributed by atoms with Gasteiger partial charge in [-0.2, -0.15) is 8.78 Å². The normalized spacial score (nSPS) is 12.7. The predicted octanol–water partition coefficient (Wildman–Crippen LogP) is 4.62. The van der Waals surface area contributed by atoms with Gasteiger partial charge in [0.25, 0.3) is 0 Å². The van der Waals surface area contributed by atoms with E-state index >= 15 is 0 Å². The van der Waals surface area contributed by atoms with E-state index < -0.39 is 6.61 Å². The lowest BCUT2D eigenvalue weighted by atomic mass is 10.0. The van der Waals surface area contributed by atoms with Crippen molar-refractivity contribution < 1.29 is 13.5 Å². The number of rotatable bonds is 6. The lowest BCUT2D eigenvalue weighted by Gasteiger charge is -2.16. The summed E-state index contributed by atoms with van der Waals surface area (Å²) < 4.78 is 29.6. The number of thiophene rings is 1. The van der Waals surface area contributed by atoms with Crippen molar-refractivity contribution in [3.05, 3.63) is 50.6 Å². The maximum atomic E-state index is 12.1. The molecule has 2 aromatic rings. The first-order valence-electron chi connectivity index (χ1n) is 6.04. The highest BCUT2D eigenvalue weighted by atomic mass is 79.9. The molecule has 0 amide bonds. The average Bonchev–Trinajstić information content (AvgIpc) is 2.82. The smallest absolute Gasteiger partial charge is 0.387 e. The van der Waals surface area contributed by atoms with Crippen LogP contribution in [0.3, 0.4) is 0 Å². The zero-order chi connectivity index (χ0) is 14.5. The second kappa shape index (κ2) is 7.15. The molecule has 2 nitrogen and oxygen atoms in total. The number of ether oxygens (including phenoxy) is 1. The monoisotopic (exact) mass is 361 g/mol. The first-order valence-corrected chi connectivity index (χ1v) is 7.65. The van der Waals surface area contributed by atoms with Crippen LogP contribution in [0.2, 0.25) is 0 Å². The van der Waals surface area contributed by atoms with Crippen LogP contribution in [0.15, 0.2) is 40.2 Å². The Morgan fingerprint density at radius 1 is 1.20 bits per heavy atom. The summed E-state index contributed by atoms with van der Waals surface area (Å²) in [6.07, 6.45) is 0.849. The van der Waals surface area contributed by atoms with E-state index in [0.29, 0.717) is 0 Å². The number of halogens is 3. The van der Waals surface area contributed by atoms with Crippen LogP contribution in [0, 0.1) is 0 Å². The van der Waals surface area contributed by atoms with E-state index in [1.165, 1.54) is 4.88 Å². The minimum atomic E-state index is -2.79. The largest absolute Gasteiger partial charge is 0.435 e. The quantitative estimate of drug-likeness (QED) is 0.810. The van der Waals surface area contributed by atoms with Gasteiger partial charge in [-0.3, -0.25) is 0 Å². The van der Waals surface area contributed by atoms with Gasteiger partial charge in [-0.05, 0) is 52.8 Å². The zero-order valence-corrected chi connectivity index (χ0v) is 13.2. The molecule has 0 aliphatic heterocycles. The molecular formula is C14H14BrF2NOS. The summed E-state index contributed by atoms with van der Waals surface area (Å²) in [4.78, 5) is 1.25. The molecule has 0 spiro atoms. The summed E-state index contributed by atoms with van der Waals surface area (Å²) in [7, 11) is 1.89. The maximum absolute atomic E-state index is 12.1. The second-order valence-corrected chi connectivity index (χ2v) is 6.75. The minimum absolute atomic E-state index is 0.140. The molecule has 1 aromatic heterocycles. The highest BCUT2D eigenvalue weighted by molar-refractivity contribution is 9.11. The molecule has 0 bridgehead atoms. The lowest BCUT2D eigenvalue weighted by molar-refractivity contribution is -0.0498. The average molecular weight is 362 g/mol. The van der Waals surface area contributed by atoms with E-state index in [0.717, 1.165) is 15.8 Å². The summed E-state index contributed by atoms with van der Waals surface area (Å²) in [6.45, 7) is -2.79. The summed E-state index contributed by atoms with van der Waals surface area (Å²) in [6, 6.07) is 11.0. The van der Waals surface area contributed by atoms with E-state index in [9.17, 15) is 8.78 Å². The van der Waals surface area contributed by atoms with E-state index in [-0.39, 0.29) is 11.8 Å². The molecule has 1 N–H and O–H groups in total. The Balaban J connectivity index is 2.07. The number of likely N-dealkylation sites (N-methyl/N-ethyl adjacent to an activating group) is 1. The second-order valence-electron chi connectivity index (χ2n) is 4.20. The van der Waals surface area contributed by atoms with Gasteiger partial charge >= 0.3 is 6.61 Å². The third-order valence-corrected chi connectivity index (χ3v) is 4.54. The molecule has 2 rings (SSSR count). The van der Waals surface area contributed by atoms with Gasteiger partial charge in [0, 0.05) is 17.3 Å². The molecule has 0 saturated heterocycles. The van der Waals surface area contributed by atoms with Crippen molar-refractivity contribution in [2.75, 3.05) is 7.05 Å². The third kappa shape index (κ3) is 4.26. The Bertz CT molecular complexity index is 544. The fourth-order valence-electron chi connectivity index (χ4n) is 1.93. The fourth-order valence-corrected chi connectivity index (χ4v) is 3.46. The first kappa shape index (κ1) is 15.4. The first-order chi connectivity index (χ1) is 9.58. The maximum Gasteiger partial charge on any atom is 0.387 e. The van der Waals surface area contributed by atoms with E-state index in [1.54, 1.807) is 23.5 Å². The van der Waals surface area contributed by atoms with Gasteiger partial charge in [0.2, 0.25) is 0 Å². The molecule has 20 heavy (non-hydrogen) atoms. The number of hydrogen-bond donors (Lipinski definition) is 1. The van der Waals surface area contributed by atoms with Crippen LogP contribution in [0.1, 0.15) is 16.5 Å². The van der Waals surface area contributed by atoms with Crippen LogP contribution in [-0.4, -0.2) is 13.7 Å². The Morgan fingerprint density at radius 3 is 2.40 bits per heavy atom. The summed E-state index contributed by atoms with van der Waals surface area (Å²) >= 11 is 5.13. The molecule has 1 aromatic carbocycles. The molecule has 6 heteroatoms. The van der Waals surface area contributed by atoms with Crippen LogP contribution >= 0.6 is 27.3 Å². The third-order valence-electron chi connectivity index (χ3n) is 2.89. The molecule has 1 unspecified atom stereocenters. The van der Waals surface area contributed by atoms with Gasteiger partial charge in [0.1, 0.15) is 5.75 Å². The molecule has 1 atom stereocenters. The van der Waals surface area contributed by atoms with Gasteiger partial charge in [-0.15, -0.1) is 11.3 Å². The molecule has 0 aliphatic rings. The Kier molecular flexibility index (Phi) is 5.51. The minimum Gasteiger partial charge on any atom is -0.435 e. The van der Waals surface area contributed by atoms with Gasteiger partial charge < -0.3 is 10.1 Å². The lowest BCUT2D eigenvalue weighted by Crippen LogP contribution is -2.18. The van der Waals surface area contributed by atoms with Crippen molar-refractivity contribution in [3.8, 4) is 5.75 Å². The van der Waals surface area contributed by atoms with Crippen LogP contribution in [0.4, 0.5) is 8.78 Å². The van der Waals surface area contributed by atoms with Crippen LogP contribution in [-0.2, 0) is 6.42 Å². The summed E-state index contributed by atoms with van der Waals surface area (Å²) in [5.41, 5.74) is 1.04. The van der Waals surface area contributed by atoms with Gasteiger partial charge in [-0.25, -0.2) is 0 Å². The van der Waals surface area contributed by atoms with Crippen LogP contribution in [0.25, 0.3) is 0 Å². The van der Waals surface area contributed by atoms with Gasteiger partial charge in [-0.1, -0.05) is 12.1 Å². The summed E-state index contributed by atoms with van der Waals surface area (Å²) in [5.74, 6) is 0.178. The molecule has 0 radical (unpaired) electrons. The van der Waals surface area contributed by atoms with Crippen molar-refractivity contribution in [1.82, 2.24) is 5.32 Å². The van der Waals surface area contributed by atoms with Crippen molar-refractivity contribution in [2.24, 2.45) is 0 Å². The van der Waals surface area contributed by atoms with Crippen LogP contribution < -0.4 is 10.1 Å². The standard InChI is InChI=1S/C14H14BrF2NOS/c1-18-12(8-11-6-7-13(15)20-11)9-2-4-10(5-3-9)19-14(16)17/h2-7,12,14,18H,8H2,1H3. The number of benzene rings is 1.